The van der Waals surface area contributed by atoms with Crippen molar-refractivity contribution >= 4 is 33.8 Å². The smallest absolute Gasteiger partial charge is 0.220 e. The van der Waals surface area contributed by atoms with Crippen molar-refractivity contribution in [1.82, 2.24) is 24.8 Å². The maximum absolute atomic E-state index is 12.5. The second kappa shape index (κ2) is 11.1. The van der Waals surface area contributed by atoms with Crippen molar-refractivity contribution in [3.8, 4) is 0 Å². The molecule has 1 unspecified atom stereocenters. The number of nitrogens with two attached hydrogens (primary N) is 1. The van der Waals surface area contributed by atoms with Gasteiger partial charge < -0.3 is 15.6 Å². The highest BCUT2D eigenvalue weighted by molar-refractivity contribution is 6.04. The Hall–Kier alpha value is -2.96. The van der Waals surface area contributed by atoms with Crippen molar-refractivity contribution < 1.29 is 4.79 Å². The number of hydrogen-bond donors (Lipinski definition) is 2. The lowest BCUT2D eigenvalue weighted by Gasteiger charge is -2.13. The van der Waals surface area contributed by atoms with Gasteiger partial charge in [0.05, 0.1) is 5.52 Å². The molecule has 0 spiro atoms. The highest BCUT2D eigenvalue weighted by atomic mass is 16.1. The van der Waals surface area contributed by atoms with Gasteiger partial charge in [0.15, 0.2) is 5.82 Å². The minimum Gasteiger partial charge on any atom is -0.382 e. The van der Waals surface area contributed by atoms with Crippen LogP contribution in [0.3, 0.4) is 0 Å². The fraction of sp³-hybridized carbons (Fsp3) is 0.520. The predicted octanol–water partition coefficient (Wildman–Crippen LogP) is 4.79. The van der Waals surface area contributed by atoms with Crippen LogP contribution in [-0.2, 0) is 17.8 Å². The number of allylic oxidation sites excluding steroid dienone is 2. The second-order valence-electron chi connectivity index (χ2n) is 8.87. The summed E-state index contributed by atoms with van der Waals surface area (Å²) < 4.78 is 2.16. The molecular formula is C25H36N6O. The summed E-state index contributed by atoms with van der Waals surface area (Å²) >= 11 is 0. The lowest BCUT2D eigenvalue weighted by molar-refractivity contribution is -0.121. The van der Waals surface area contributed by atoms with Gasteiger partial charge >= 0.3 is 0 Å². The van der Waals surface area contributed by atoms with E-state index in [0.29, 0.717) is 36.8 Å². The SMILES string of the molecule is CCCCc1nc2c(N)nc3cccnc3c2n1CCNC(=O)CC(C)CCC=C(C)C. The van der Waals surface area contributed by atoms with Gasteiger partial charge in [0, 0.05) is 32.1 Å². The van der Waals surface area contributed by atoms with E-state index >= 15 is 0 Å². The first-order chi connectivity index (χ1) is 15.4. The largest absolute Gasteiger partial charge is 0.382 e. The van der Waals surface area contributed by atoms with Crippen LogP contribution in [0.4, 0.5) is 5.82 Å². The minimum atomic E-state index is 0.0957. The maximum atomic E-state index is 12.5. The third kappa shape index (κ3) is 5.84. The van der Waals surface area contributed by atoms with Crippen LogP contribution >= 0.6 is 0 Å². The number of nitrogen functional groups attached to an aromatic ring is 1. The van der Waals surface area contributed by atoms with E-state index in [0.717, 1.165) is 54.5 Å². The van der Waals surface area contributed by atoms with E-state index in [-0.39, 0.29) is 5.91 Å². The molecule has 3 rings (SSSR count). The number of fused-ring (bicyclic) bond motifs is 3. The number of hydrogen-bond acceptors (Lipinski definition) is 5. The average molecular weight is 437 g/mol. The summed E-state index contributed by atoms with van der Waals surface area (Å²) in [6.45, 7) is 9.68. The zero-order valence-electron chi connectivity index (χ0n) is 19.8. The minimum absolute atomic E-state index is 0.0957. The van der Waals surface area contributed by atoms with E-state index in [4.69, 9.17) is 10.7 Å². The first-order valence-electron chi connectivity index (χ1n) is 11.7. The van der Waals surface area contributed by atoms with Crippen molar-refractivity contribution in [2.45, 2.75) is 72.8 Å². The zero-order valence-corrected chi connectivity index (χ0v) is 19.8. The third-order valence-electron chi connectivity index (χ3n) is 5.70. The van der Waals surface area contributed by atoms with Gasteiger partial charge in [-0.05, 0) is 51.2 Å². The van der Waals surface area contributed by atoms with Gasteiger partial charge in [-0.25, -0.2) is 9.97 Å². The molecule has 0 aromatic carbocycles. The van der Waals surface area contributed by atoms with Crippen LogP contribution in [-0.4, -0.2) is 32.0 Å². The van der Waals surface area contributed by atoms with E-state index in [9.17, 15) is 4.79 Å². The molecular weight excluding hydrogens is 400 g/mol. The fourth-order valence-corrected chi connectivity index (χ4v) is 3.99. The van der Waals surface area contributed by atoms with Crippen LogP contribution in [0.25, 0.3) is 22.1 Å². The Morgan fingerprint density at radius 3 is 2.84 bits per heavy atom. The first kappa shape index (κ1) is 23.7. The number of carbonyl (C=O) groups is 1. The summed E-state index contributed by atoms with van der Waals surface area (Å²) in [5, 5.41) is 3.09. The van der Waals surface area contributed by atoms with E-state index in [1.54, 1.807) is 6.20 Å². The lowest BCUT2D eigenvalue weighted by Crippen LogP contribution is -2.28. The Bertz CT molecular complexity index is 1100. The van der Waals surface area contributed by atoms with Gasteiger partial charge in [0.2, 0.25) is 5.91 Å². The second-order valence-corrected chi connectivity index (χ2v) is 8.87. The molecule has 0 aliphatic carbocycles. The van der Waals surface area contributed by atoms with Crippen LogP contribution < -0.4 is 11.1 Å². The summed E-state index contributed by atoms with van der Waals surface area (Å²) in [7, 11) is 0. The highest BCUT2D eigenvalue weighted by Crippen LogP contribution is 2.28. The van der Waals surface area contributed by atoms with Gasteiger partial charge in [-0.1, -0.05) is 31.9 Å². The lowest BCUT2D eigenvalue weighted by atomic mass is 10.0. The number of amides is 1. The summed E-state index contributed by atoms with van der Waals surface area (Å²) in [6.07, 6.45) is 9.56. The number of unbranched alkanes of at least 4 members (excludes halogenated alkanes) is 1. The van der Waals surface area contributed by atoms with Gasteiger partial charge in [-0.2, -0.15) is 0 Å². The number of aryl methyl sites for hydroxylation is 1. The molecule has 3 aromatic rings. The van der Waals surface area contributed by atoms with Gasteiger partial charge in [-0.15, -0.1) is 0 Å². The van der Waals surface area contributed by atoms with Crippen LogP contribution in [0.15, 0.2) is 30.0 Å². The Morgan fingerprint density at radius 1 is 1.28 bits per heavy atom. The molecule has 0 aliphatic heterocycles. The number of aromatic nitrogens is 4. The molecule has 0 aliphatic rings. The van der Waals surface area contributed by atoms with E-state index in [2.05, 4.69) is 53.6 Å². The van der Waals surface area contributed by atoms with E-state index in [1.807, 2.05) is 12.1 Å². The Morgan fingerprint density at radius 2 is 2.09 bits per heavy atom. The van der Waals surface area contributed by atoms with Gasteiger partial charge in [-0.3, -0.25) is 9.78 Å². The maximum Gasteiger partial charge on any atom is 0.220 e. The fourth-order valence-electron chi connectivity index (χ4n) is 3.99. The quantitative estimate of drug-likeness (QED) is 0.421. The molecule has 32 heavy (non-hydrogen) atoms. The van der Waals surface area contributed by atoms with Crippen molar-refractivity contribution in [2.75, 3.05) is 12.3 Å². The summed E-state index contributed by atoms with van der Waals surface area (Å²) in [5.41, 5.74) is 10.7. The summed E-state index contributed by atoms with van der Waals surface area (Å²) in [6, 6.07) is 3.78. The first-order valence-corrected chi connectivity index (χ1v) is 11.7. The highest BCUT2D eigenvalue weighted by Gasteiger charge is 2.18. The molecule has 1 atom stereocenters. The van der Waals surface area contributed by atoms with Gasteiger partial charge in [0.25, 0.3) is 0 Å². The Balaban J connectivity index is 1.74. The summed E-state index contributed by atoms with van der Waals surface area (Å²) in [4.78, 5) is 26.3. The average Bonchev–Trinajstić information content (AvgIpc) is 3.11. The van der Waals surface area contributed by atoms with Crippen molar-refractivity contribution in [3.05, 3.63) is 35.8 Å². The molecule has 1 amide bonds. The number of rotatable bonds is 11. The number of nitrogens with one attached hydrogen (secondary N) is 1. The van der Waals surface area contributed by atoms with Crippen molar-refractivity contribution in [2.24, 2.45) is 5.92 Å². The zero-order chi connectivity index (χ0) is 23.1. The van der Waals surface area contributed by atoms with Crippen molar-refractivity contribution in [3.63, 3.8) is 0 Å². The van der Waals surface area contributed by atoms with E-state index in [1.165, 1.54) is 5.57 Å². The number of carbonyl (C=O) groups excluding carboxylic acids is 1. The molecule has 0 fully saturated rings. The Kier molecular flexibility index (Phi) is 8.20. The Labute approximate surface area is 190 Å². The molecule has 3 N–H and O–H groups in total. The van der Waals surface area contributed by atoms with Crippen molar-refractivity contribution in [1.29, 1.82) is 0 Å². The standard InChI is InChI=1S/C25H36N6O/c1-5-6-12-20-30-23-24(22-19(29-25(23)26)11-8-13-28-22)31(20)15-14-27-21(32)16-18(4)10-7-9-17(2)3/h8-9,11,13,18H,5-7,10,12,14-16H2,1-4H3,(H2,26,29)(H,27,32). The van der Waals surface area contributed by atoms with Gasteiger partial charge in [0.1, 0.15) is 22.4 Å². The summed E-state index contributed by atoms with van der Waals surface area (Å²) in [5.74, 6) is 1.85. The molecule has 0 radical (unpaired) electrons. The molecule has 0 bridgehead atoms. The molecule has 7 heteroatoms. The number of nitrogens with zero attached hydrogens (tertiary/aromatic N) is 4. The normalized spacial score (nSPS) is 12.2. The van der Waals surface area contributed by atoms with Crippen LogP contribution in [0.1, 0.15) is 65.6 Å². The van der Waals surface area contributed by atoms with Crippen LogP contribution in [0.5, 0.6) is 0 Å². The molecule has 0 saturated heterocycles. The molecule has 7 nitrogen and oxygen atoms in total. The molecule has 0 saturated carbocycles. The number of anilines is 1. The molecule has 3 heterocycles. The van der Waals surface area contributed by atoms with E-state index < -0.39 is 0 Å². The number of imidazole rings is 1. The molecule has 172 valence electrons. The predicted molar refractivity (Wildman–Crippen MR) is 131 cm³/mol. The number of pyridine rings is 2. The topological polar surface area (TPSA) is 98.7 Å². The van der Waals surface area contributed by atoms with Crippen LogP contribution in [0.2, 0.25) is 0 Å². The van der Waals surface area contributed by atoms with Crippen LogP contribution in [0, 0.1) is 5.92 Å². The monoisotopic (exact) mass is 436 g/mol. The third-order valence-corrected chi connectivity index (χ3v) is 5.70. The molecule has 3 aromatic heterocycles.